The SMILES string of the molecule is C1=C(c2ccccc2)[P+](c2ccccc2)(c2ccccc2)c2ccccc21. The molecule has 27 heavy (non-hydrogen) atoms. The van der Waals surface area contributed by atoms with Gasteiger partial charge in [-0.1, -0.05) is 84.9 Å². The molecular formula is C26H20P+. The molecular weight excluding hydrogens is 343 g/mol. The zero-order chi connectivity index (χ0) is 18.1. The Kier molecular flexibility index (Phi) is 4.00. The molecule has 1 aliphatic heterocycles. The molecule has 1 aliphatic rings. The molecule has 0 aliphatic carbocycles. The summed E-state index contributed by atoms with van der Waals surface area (Å²) >= 11 is 0. The van der Waals surface area contributed by atoms with Crippen LogP contribution in [0.25, 0.3) is 11.4 Å². The van der Waals surface area contributed by atoms with Crippen molar-refractivity contribution in [2.45, 2.75) is 0 Å². The van der Waals surface area contributed by atoms with Gasteiger partial charge in [0.2, 0.25) is 0 Å². The predicted octanol–water partition coefficient (Wildman–Crippen LogP) is 5.49. The minimum Gasteiger partial charge on any atom is -0.0622 e. The Hall–Kier alpha value is -2.95. The smallest absolute Gasteiger partial charge is 0.0622 e. The molecule has 0 saturated carbocycles. The molecule has 0 aromatic heterocycles. The van der Waals surface area contributed by atoms with Gasteiger partial charge in [-0.3, -0.25) is 0 Å². The van der Waals surface area contributed by atoms with E-state index >= 15 is 0 Å². The van der Waals surface area contributed by atoms with Crippen LogP contribution in [0.2, 0.25) is 0 Å². The highest BCUT2D eigenvalue weighted by Gasteiger charge is 2.54. The maximum absolute atomic E-state index is 2.42. The fourth-order valence-electron chi connectivity index (χ4n) is 4.18. The highest BCUT2D eigenvalue weighted by atomic mass is 31.2. The van der Waals surface area contributed by atoms with E-state index in [-0.39, 0.29) is 0 Å². The molecule has 1 heterocycles. The van der Waals surface area contributed by atoms with Crippen LogP contribution >= 0.6 is 7.26 Å². The molecule has 0 fully saturated rings. The average molecular weight is 363 g/mol. The van der Waals surface area contributed by atoms with Gasteiger partial charge < -0.3 is 0 Å². The third kappa shape index (κ3) is 2.49. The molecule has 1 heteroatoms. The van der Waals surface area contributed by atoms with Gasteiger partial charge in [-0.2, -0.15) is 0 Å². The van der Waals surface area contributed by atoms with Crippen LogP contribution < -0.4 is 15.9 Å². The Morgan fingerprint density at radius 1 is 0.444 bits per heavy atom. The van der Waals surface area contributed by atoms with Crippen molar-refractivity contribution >= 4 is 34.6 Å². The minimum absolute atomic E-state index is 1.31. The number of benzene rings is 4. The second kappa shape index (κ2) is 6.65. The standard InChI is InChI=1S/C26H20P/c1-4-12-21(13-5-1)26-20-22-14-10-11-19-25(22)27(26,23-15-6-2-7-16-23)24-17-8-3-9-18-24/h1-20H/q+1. The van der Waals surface area contributed by atoms with Crippen LogP contribution in [-0.2, 0) is 0 Å². The topological polar surface area (TPSA) is 0 Å². The first-order valence-electron chi connectivity index (χ1n) is 9.28. The second-order valence-electron chi connectivity index (χ2n) is 6.80. The molecule has 0 radical (unpaired) electrons. The van der Waals surface area contributed by atoms with Gasteiger partial charge in [0.1, 0.15) is 28.5 Å². The molecule has 128 valence electrons. The summed E-state index contributed by atoms with van der Waals surface area (Å²) in [5, 5.41) is 5.73. The predicted molar refractivity (Wildman–Crippen MR) is 119 cm³/mol. The lowest BCUT2D eigenvalue weighted by Gasteiger charge is -2.26. The Labute approximate surface area is 161 Å². The van der Waals surface area contributed by atoms with Gasteiger partial charge in [0.25, 0.3) is 0 Å². The quantitative estimate of drug-likeness (QED) is 0.422. The van der Waals surface area contributed by atoms with Crippen molar-refractivity contribution < 1.29 is 0 Å². The summed E-state index contributed by atoms with van der Waals surface area (Å²) in [5.41, 5.74) is 2.66. The fourth-order valence-corrected chi connectivity index (χ4v) is 8.80. The molecule has 0 unspecified atom stereocenters. The van der Waals surface area contributed by atoms with Crippen molar-refractivity contribution in [3.8, 4) is 0 Å². The van der Waals surface area contributed by atoms with Gasteiger partial charge in [-0.05, 0) is 36.4 Å². The van der Waals surface area contributed by atoms with E-state index < -0.39 is 7.26 Å². The van der Waals surface area contributed by atoms with Crippen LogP contribution in [0.5, 0.6) is 0 Å². The summed E-state index contributed by atoms with van der Waals surface area (Å²) in [7, 11) is -1.91. The lowest BCUT2D eigenvalue weighted by atomic mass is 10.1. The zero-order valence-corrected chi connectivity index (χ0v) is 15.9. The molecule has 4 aromatic rings. The van der Waals surface area contributed by atoms with E-state index in [1.807, 2.05) is 0 Å². The summed E-state index contributed by atoms with van der Waals surface area (Å²) in [6, 6.07) is 41.9. The summed E-state index contributed by atoms with van der Waals surface area (Å²) in [6.45, 7) is 0. The van der Waals surface area contributed by atoms with E-state index in [0.29, 0.717) is 0 Å². The average Bonchev–Trinajstić information content (AvgIpc) is 3.12. The van der Waals surface area contributed by atoms with E-state index in [1.54, 1.807) is 0 Å². The molecule has 4 aromatic carbocycles. The van der Waals surface area contributed by atoms with E-state index in [2.05, 4.69) is 121 Å². The molecule has 0 amide bonds. The number of hydrogen-bond acceptors (Lipinski definition) is 0. The number of fused-ring (bicyclic) bond motifs is 1. The summed E-state index contributed by atoms with van der Waals surface area (Å²) in [6.07, 6.45) is 2.42. The first-order chi connectivity index (χ1) is 13.4. The van der Waals surface area contributed by atoms with Crippen molar-refractivity contribution in [2.75, 3.05) is 0 Å². The Morgan fingerprint density at radius 3 is 1.52 bits per heavy atom. The van der Waals surface area contributed by atoms with Crippen molar-refractivity contribution in [3.05, 3.63) is 126 Å². The summed E-state index contributed by atoms with van der Waals surface area (Å²) in [4.78, 5) is 0. The third-order valence-electron chi connectivity index (χ3n) is 5.31. The van der Waals surface area contributed by atoms with Gasteiger partial charge in [0.05, 0.1) is 0 Å². The summed E-state index contributed by atoms with van der Waals surface area (Å²) in [5.74, 6) is 0. The Bertz CT molecular complexity index is 1060. The third-order valence-corrected chi connectivity index (χ3v) is 9.69. The second-order valence-corrected chi connectivity index (χ2v) is 10.1. The minimum atomic E-state index is -1.91. The lowest BCUT2D eigenvalue weighted by molar-refractivity contribution is 1.65. The molecule has 5 rings (SSSR count). The largest absolute Gasteiger partial charge is 0.145 e. The van der Waals surface area contributed by atoms with Crippen molar-refractivity contribution in [1.82, 2.24) is 0 Å². The Morgan fingerprint density at radius 2 is 0.926 bits per heavy atom. The maximum atomic E-state index is 2.42. The van der Waals surface area contributed by atoms with Gasteiger partial charge in [0.15, 0.2) is 0 Å². The van der Waals surface area contributed by atoms with E-state index in [4.69, 9.17) is 0 Å². The highest BCUT2D eigenvalue weighted by molar-refractivity contribution is 8.04. The fraction of sp³-hybridized carbons (Fsp3) is 0. The van der Waals surface area contributed by atoms with Crippen molar-refractivity contribution in [2.24, 2.45) is 0 Å². The number of rotatable bonds is 3. The van der Waals surface area contributed by atoms with Crippen LogP contribution in [0.15, 0.2) is 115 Å². The zero-order valence-electron chi connectivity index (χ0n) is 15.0. The van der Waals surface area contributed by atoms with Crippen molar-refractivity contribution in [3.63, 3.8) is 0 Å². The molecule has 0 saturated heterocycles. The van der Waals surface area contributed by atoms with Gasteiger partial charge >= 0.3 is 0 Å². The summed E-state index contributed by atoms with van der Waals surface area (Å²) < 4.78 is 0. The monoisotopic (exact) mass is 363 g/mol. The molecule has 0 atom stereocenters. The Balaban J connectivity index is 1.91. The maximum Gasteiger partial charge on any atom is 0.145 e. The first-order valence-corrected chi connectivity index (χ1v) is 11.1. The van der Waals surface area contributed by atoms with Gasteiger partial charge in [-0.15, -0.1) is 0 Å². The van der Waals surface area contributed by atoms with Crippen LogP contribution in [-0.4, -0.2) is 0 Å². The van der Waals surface area contributed by atoms with E-state index in [0.717, 1.165) is 0 Å². The van der Waals surface area contributed by atoms with Crippen LogP contribution in [0, 0.1) is 0 Å². The van der Waals surface area contributed by atoms with Gasteiger partial charge in [0, 0.05) is 11.1 Å². The van der Waals surface area contributed by atoms with Crippen LogP contribution in [0.3, 0.4) is 0 Å². The molecule has 0 nitrogen and oxygen atoms in total. The van der Waals surface area contributed by atoms with Gasteiger partial charge in [-0.25, -0.2) is 0 Å². The normalized spacial score (nSPS) is 14.4. The van der Waals surface area contributed by atoms with E-state index in [9.17, 15) is 0 Å². The molecule has 0 N–H and O–H groups in total. The molecule has 0 bridgehead atoms. The molecule has 0 spiro atoms. The van der Waals surface area contributed by atoms with Crippen LogP contribution in [0.4, 0.5) is 0 Å². The highest BCUT2D eigenvalue weighted by Crippen LogP contribution is 2.70. The number of hydrogen-bond donors (Lipinski definition) is 0. The first kappa shape index (κ1) is 16.2. The lowest BCUT2D eigenvalue weighted by Crippen LogP contribution is -2.30. The van der Waals surface area contributed by atoms with Crippen LogP contribution in [0.1, 0.15) is 11.1 Å². The van der Waals surface area contributed by atoms with E-state index in [1.165, 1.54) is 32.4 Å². The van der Waals surface area contributed by atoms with Crippen molar-refractivity contribution in [1.29, 1.82) is 0 Å².